The third-order valence-electron chi connectivity index (χ3n) is 6.63. The fourth-order valence-electron chi connectivity index (χ4n) is 6.58. The zero-order valence-electron chi connectivity index (χ0n) is 8.86. The van der Waals surface area contributed by atoms with Gasteiger partial charge in [0.05, 0.1) is 21.9 Å². The van der Waals surface area contributed by atoms with Crippen LogP contribution in [0, 0.1) is 35.5 Å². The highest BCUT2D eigenvalue weighted by molar-refractivity contribution is 9.10. The van der Waals surface area contributed by atoms with Gasteiger partial charge in [0.1, 0.15) is 0 Å². The summed E-state index contributed by atoms with van der Waals surface area (Å²) in [7, 11) is 0. The lowest BCUT2D eigenvalue weighted by Crippen LogP contribution is -2.75. The third kappa shape index (κ3) is 0.514. The minimum absolute atomic E-state index is 0.0510. The van der Waals surface area contributed by atoms with E-state index in [2.05, 4.69) is 31.9 Å². The maximum atomic E-state index is 12.5. The summed E-state index contributed by atoms with van der Waals surface area (Å²) in [5.74, 6) is 2.50. The fourth-order valence-corrected chi connectivity index (χ4v) is 9.62. The molecule has 0 amide bonds. The molecule has 1 aliphatic heterocycles. The van der Waals surface area contributed by atoms with E-state index < -0.39 is 5.79 Å². The summed E-state index contributed by atoms with van der Waals surface area (Å²) < 4.78 is 11.8. The molecule has 6 saturated carbocycles. The first kappa shape index (κ1) is 9.45. The van der Waals surface area contributed by atoms with Crippen LogP contribution in [0.4, 0.5) is 0 Å². The normalized spacial score (nSPS) is 74.6. The minimum atomic E-state index is -0.476. The first-order valence-corrected chi connectivity index (χ1v) is 7.89. The van der Waals surface area contributed by atoms with Gasteiger partial charge in [-0.2, -0.15) is 0 Å². The lowest BCUT2D eigenvalue weighted by atomic mass is 9.40. The summed E-state index contributed by atoms with van der Waals surface area (Å²) in [6.45, 7) is 1.35. The largest absolute Gasteiger partial charge is 0.346 e. The first-order chi connectivity index (χ1) is 8.10. The molecule has 7 aliphatic rings. The van der Waals surface area contributed by atoms with Crippen molar-refractivity contribution in [1.29, 1.82) is 0 Å². The molecule has 17 heavy (non-hydrogen) atoms. The number of halogens is 2. The lowest BCUT2D eigenvalue weighted by molar-refractivity contribution is -0.199. The second-order valence-corrected chi connectivity index (χ2v) is 9.04. The van der Waals surface area contributed by atoms with E-state index in [9.17, 15) is 4.79 Å². The summed E-state index contributed by atoms with van der Waals surface area (Å²) in [5, 5.41) is 0. The maximum Gasteiger partial charge on any atom is 0.188 e. The number of Topliss-reactive ketones (excluding diaryl/α,β-unsaturated/α-hetero) is 1. The van der Waals surface area contributed by atoms with E-state index in [0.717, 1.165) is 0 Å². The van der Waals surface area contributed by atoms with Gasteiger partial charge in [0.2, 0.25) is 0 Å². The van der Waals surface area contributed by atoms with Crippen LogP contribution in [0.25, 0.3) is 0 Å². The highest BCUT2D eigenvalue weighted by Gasteiger charge is 3.04. The molecular formula is C12H10Br2O3. The van der Waals surface area contributed by atoms with Crippen LogP contribution in [0.3, 0.4) is 0 Å². The number of hydrogen-bond donors (Lipinski definition) is 0. The molecule has 4 bridgehead atoms. The van der Waals surface area contributed by atoms with Crippen molar-refractivity contribution in [1.82, 2.24) is 0 Å². The molecule has 0 unspecified atom stereocenters. The van der Waals surface area contributed by atoms with E-state index in [-0.39, 0.29) is 14.6 Å². The van der Waals surface area contributed by atoms with Gasteiger partial charge in [0.25, 0.3) is 0 Å². The van der Waals surface area contributed by atoms with Crippen molar-refractivity contribution in [3.8, 4) is 0 Å². The number of ether oxygens (including phenoxy) is 2. The van der Waals surface area contributed by atoms with Crippen molar-refractivity contribution >= 4 is 37.6 Å². The van der Waals surface area contributed by atoms with Crippen molar-refractivity contribution < 1.29 is 14.3 Å². The Morgan fingerprint density at radius 1 is 1.00 bits per heavy atom. The molecule has 8 atom stereocenters. The molecule has 1 heterocycles. The topological polar surface area (TPSA) is 35.5 Å². The highest BCUT2D eigenvalue weighted by Crippen LogP contribution is 2.96. The monoisotopic (exact) mass is 360 g/mol. The Kier molecular flexibility index (Phi) is 1.17. The van der Waals surface area contributed by atoms with Gasteiger partial charge in [-0.15, -0.1) is 0 Å². The van der Waals surface area contributed by atoms with E-state index in [1.807, 2.05) is 0 Å². The third-order valence-corrected chi connectivity index (χ3v) is 9.69. The van der Waals surface area contributed by atoms with E-state index in [1.54, 1.807) is 0 Å². The Morgan fingerprint density at radius 2 is 1.65 bits per heavy atom. The molecule has 7 rings (SSSR count). The number of alkyl halides is 2. The fraction of sp³-hybridized carbons (Fsp3) is 0.917. The Labute approximate surface area is 115 Å². The molecule has 1 saturated heterocycles. The highest BCUT2D eigenvalue weighted by atomic mass is 79.9. The molecule has 7 fully saturated rings. The van der Waals surface area contributed by atoms with Gasteiger partial charge in [0.15, 0.2) is 11.6 Å². The standard InChI is InChI=1S/C12H10Br2O3/c13-10-6-4-3(9(10)15)5-7(10)8(6)11(4,14)12(5)16-1-2-17-12/h3-8H,1-2H2/t3-,4-,5+,6+,7-,8+,10+,11+/m1/s1. The zero-order chi connectivity index (χ0) is 11.4. The van der Waals surface area contributed by atoms with E-state index >= 15 is 0 Å². The Bertz CT molecular complexity index is 516. The van der Waals surface area contributed by atoms with Crippen LogP contribution >= 0.6 is 31.9 Å². The van der Waals surface area contributed by atoms with E-state index in [1.165, 1.54) is 0 Å². The van der Waals surface area contributed by atoms with Gasteiger partial charge in [-0.3, -0.25) is 4.79 Å². The molecule has 1 spiro atoms. The van der Waals surface area contributed by atoms with Gasteiger partial charge >= 0.3 is 0 Å². The molecular weight excluding hydrogens is 352 g/mol. The average molecular weight is 362 g/mol. The predicted octanol–water partition coefficient (Wildman–Crippen LogP) is 1.33. The first-order valence-electron chi connectivity index (χ1n) is 6.30. The molecule has 0 N–H and O–H groups in total. The number of hydrogen-bond acceptors (Lipinski definition) is 3. The van der Waals surface area contributed by atoms with Gasteiger partial charge in [-0.25, -0.2) is 0 Å². The second kappa shape index (κ2) is 2.11. The Hall–Kier alpha value is 0.550. The zero-order valence-corrected chi connectivity index (χ0v) is 12.0. The summed E-state index contributed by atoms with van der Waals surface area (Å²) in [6.07, 6.45) is 0. The van der Waals surface area contributed by atoms with Crippen LogP contribution < -0.4 is 0 Å². The van der Waals surface area contributed by atoms with Gasteiger partial charge in [-0.05, 0) is 23.7 Å². The van der Waals surface area contributed by atoms with Crippen molar-refractivity contribution in [2.24, 2.45) is 35.5 Å². The quantitative estimate of drug-likeness (QED) is 0.611. The molecule has 0 radical (unpaired) electrons. The van der Waals surface area contributed by atoms with Crippen LogP contribution in [0.1, 0.15) is 0 Å². The average Bonchev–Trinajstić information content (AvgIpc) is 2.96. The molecule has 5 heteroatoms. The number of ketones is 1. The van der Waals surface area contributed by atoms with E-state index in [4.69, 9.17) is 9.47 Å². The minimum Gasteiger partial charge on any atom is -0.346 e. The Balaban J connectivity index is 1.69. The van der Waals surface area contributed by atoms with Crippen LogP contribution in [0.15, 0.2) is 0 Å². The van der Waals surface area contributed by atoms with Crippen LogP contribution in [-0.4, -0.2) is 33.4 Å². The van der Waals surface area contributed by atoms with Crippen molar-refractivity contribution in [2.75, 3.05) is 13.2 Å². The summed E-state index contributed by atoms with van der Waals surface area (Å²) in [5.41, 5.74) is 0. The van der Waals surface area contributed by atoms with Crippen LogP contribution in [-0.2, 0) is 14.3 Å². The molecule has 90 valence electrons. The van der Waals surface area contributed by atoms with Gasteiger partial charge in [-0.1, -0.05) is 31.9 Å². The van der Waals surface area contributed by atoms with Crippen molar-refractivity contribution in [3.05, 3.63) is 0 Å². The number of carbonyl (C=O) groups excluding carboxylic acids is 1. The van der Waals surface area contributed by atoms with Crippen LogP contribution in [0.2, 0.25) is 0 Å². The number of rotatable bonds is 0. The lowest BCUT2D eigenvalue weighted by Gasteiger charge is -2.69. The molecule has 3 nitrogen and oxygen atoms in total. The number of carbonyl (C=O) groups is 1. The summed E-state index contributed by atoms with van der Waals surface area (Å²) in [4.78, 5) is 12.5. The summed E-state index contributed by atoms with van der Waals surface area (Å²) in [6, 6.07) is 0. The molecule has 6 aliphatic carbocycles. The SMILES string of the molecule is O=C1[C@H]2[C@H]3[C@@H]4[C@@H]5[C@H]([C@@H]2[C@@]5(Br)C32OCCO2)[C@@]14Br. The molecule has 0 aromatic heterocycles. The summed E-state index contributed by atoms with van der Waals surface area (Å²) >= 11 is 7.73. The second-order valence-electron chi connectivity index (χ2n) is 6.42. The van der Waals surface area contributed by atoms with Crippen molar-refractivity contribution in [3.63, 3.8) is 0 Å². The molecule has 0 aromatic rings. The van der Waals surface area contributed by atoms with Gasteiger partial charge < -0.3 is 9.47 Å². The molecule has 0 aromatic carbocycles. The van der Waals surface area contributed by atoms with E-state index in [0.29, 0.717) is 48.6 Å². The van der Waals surface area contributed by atoms with Gasteiger partial charge in [0, 0.05) is 11.8 Å². The smallest absolute Gasteiger partial charge is 0.188 e. The Morgan fingerprint density at radius 3 is 2.24 bits per heavy atom. The maximum absolute atomic E-state index is 12.5. The predicted molar refractivity (Wildman–Crippen MR) is 63.9 cm³/mol. The van der Waals surface area contributed by atoms with Crippen molar-refractivity contribution in [2.45, 2.75) is 14.4 Å². The van der Waals surface area contributed by atoms with Crippen LogP contribution in [0.5, 0.6) is 0 Å².